The van der Waals surface area contributed by atoms with E-state index < -0.39 is 11.9 Å². The summed E-state index contributed by atoms with van der Waals surface area (Å²) in [5.41, 5.74) is 0.554. The first-order valence-electron chi connectivity index (χ1n) is 6.06. The van der Waals surface area contributed by atoms with E-state index in [-0.39, 0.29) is 23.5 Å². The van der Waals surface area contributed by atoms with Crippen molar-refractivity contribution in [3.8, 4) is 5.75 Å². The zero-order chi connectivity index (χ0) is 16.3. The molecule has 2 rings (SSSR count). The Kier molecular flexibility index (Phi) is 5.62. The van der Waals surface area contributed by atoms with Crippen LogP contribution in [0.15, 0.2) is 36.4 Å². The molecule has 0 aromatic heterocycles. The summed E-state index contributed by atoms with van der Waals surface area (Å²) in [5.74, 6) is -1.79. The summed E-state index contributed by atoms with van der Waals surface area (Å²) >= 11 is 4.01. The van der Waals surface area contributed by atoms with Crippen LogP contribution in [0, 0.1) is 7.14 Å². The highest BCUT2D eigenvalue weighted by Crippen LogP contribution is 2.27. The zero-order valence-corrected chi connectivity index (χ0v) is 15.4. The van der Waals surface area contributed by atoms with E-state index in [1.54, 1.807) is 24.3 Å². The van der Waals surface area contributed by atoms with Crippen molar-refractivity contribution in [2.75, 3.05) is 0 Å². The van der Waals surface area contributed by atoms with E-state index >= 15 is 0 Å². The Morgan fingerprint density at radius 3 is 2.36 bits per heavy atom. The molecular formula is C15H10I2O5. The normalized spacial score (nSPS) is 10.3. The lowest BCUT2D eigenvalue weighted by Gasteiger charge is -2.10. The van der Waals surface area contributed by atoms with Gasteiger partial charge >= 0.3 is 11.9 Å². The first-order valence-corrected chi connectivity index (χ1v) is 8.22. The van der Waals surface area contributed by atoms with Crippen LogP contribution >= 0.6 is 45.2 Å². The first kappa shape index (κ1) is 17.0. The summed E-state index contributed by atoms with van der Waals surface area (Å²) in [6, 6.07) is 9.26. The fourth-order valence-corrected chi connectivity index (χ4v) is 2.94. The number of carbonyl (C=O) groups is 2. The van der Waals surface area contributed by atoms with Crippen LogP contribution in [0.5, 0.6) is 5.75 Å². The highest BCUT2D eigenvalue weighted by molar-refractivity contribution is 14.1. The van der Waals surface area contributed by atoms with E-state index in [0.717, 1.165) is 3.57 Å². The second-order valence-electron chi connectivity index (χ2n) is 4.32. The van der Waals surface area contributed by atoms with Gasteiger partial charge in [0.2, 0.25) is 0 Å². The Hall–Kier alpha value is -1.36. The predicted molar refractivity (Wildman–Crippen MR) is 96.1 cm³/mol. The fourth-order valence-electron chi connectivity index (χ4n) is 1.80. The molecule has 2 aromatic rings. The van der Waals surface area contributed by atoms with Crippen molar-refractivity contribution >= 4 is 57.1 Å². The lowest BCUT2D eigenvalue weighted by molar-refractivity contribution is 0.0462. The Bertz CT molecular complexity index is 743. The minimum absolute atomic E-state index is 0.000131. The fraction of sp³-hybridized carbons (Fsp3) is 0.0667. The molecule has 2 N–H and O–H groups in total. The quantitative estimate of drug-likeness (QED) is 0.472. The highest BCUT2D eigenvalue weighted by atomic mass is 127. The van der Waals surface area contributed by atoms with Crippen molar-refractivity contribution in [1.29, 1.82) is 0 Å². The number of carbonyl (C=O) groups excluding carboxylic acids is 1. The van der Waals surface area contributed by atoms with Gasteiger partial charge in [0, 0.05) is 9.13 Å². The number of halogens is 2. The second-order valence-corrected chi connectivity index (χ2v) is 6.65. The molecular weight excluding hydrogens is 514 g/mol. The molecule has 2 aromatic carbocycles. The number of esters is 1. The molecule has 22 heavy (non-hydrogen) atoms. The van der Waals surface area contributed by atoms with Crippen LogP contribution in [0.25, 0.3) is 0 Å². The average Bonchev–Trinajstić information content (AvgIpc) is 2.49. The van der Waals surface area contributed by atoms with Gasteiger partial charge < -0.3 is 14.9 Å². The SMILES string of the molecule is O=C(O)c1ccccc1C(=O)OCc1cc(I)cc(O)c1I. The number of aromatic carboxylic acids is 1. The molecule has 0 aliphatic rings. The summed E-state index contributed by atoms with van der Waals surface area (Å²) < 4.78 is 6.58. The number of hydrogen-bond donors (Lipinski definition) is 2. The van der Waals surface area contributed by atoms with Crippen LogP contribution in [0.4, 0.5) is 0 Å². The topological polar surface area (TPSA) is 83.8 Å². The Morgan fingerprint density at radius 1 is 1.09 bits per heavy atom. The molecule has 5 nitrogen and oxygen atoms in total. The first-order chi connectivity index (χ1) is 10.4. The van der Waals surface area contributed by atoms with Crippen molar-refractivity contribution in [3.05, 3.63) is 60.2 Å². The molecule has 0 bridgehead atoms. The molecule has 0 atom stereocenters. The molecule has 7 heteroatoms. The maximum Gasteiger partial charge on any atom is 0.339 e. The van der Waals surface area contributed by atoms with Crippen LogP contribution in [0.2, 0.25) is 0 Å². The minimum atomic E-state index is -1.19. The van der Waals surface area contributed by atoms with Crippen molar-refractivity contribution in [3.63, 3.8) is 0 Å². The number of aromatic hydroxyl groups is 1. The summed E-state index contributed by atoms with van der Waals surface area (Å²) in [6.45, 7) is -0.0462. The number of rotatable bonds is 4. The third-order valence-corrected chi connectivity index (χ3v) is 4.70. The van der Waals surface area contributed by atoms with Crippen molar-refractivity contribution < 1.29 is 24.5 Å². The van der Waals surface area contributed by atoms with Gasteiger partial charge in [-0.3, -0.25) is 0 Å². The highest BCUT2D eigenvalue weighted by Gasteiger charge is 2.18. The lowest BCUT2D eigenvalue weighted by Crippen LogP contribution is -2.12. The van der Waals surface area contributed by atoms with Gasteiger partial charge in [-0.05, 0) is 69.4 Å². The van der Waals surface area contributed by atoms with Gasteiger partial charge in [-0.1, -0.05) is 12.1 Å². The number of hydrogen-bond acceptors (Lipinski definition) is 4. The molecule has 0 amide bonds. The van der Waals surface area contributed by atoms with Crippen molar-refractivity contribution in [2.24, 2.45) is 0 Å². The average molecular weight is 524 g/mol. The predicted octanol–water partition coefficient (Wildman–Crippen LogP) is 3.66. The van der Waals surface area contributed by atoms with E-state index in [1.807, 2.05) is 45.2 Å². The third kappa shape index (κ3) is 3.88. The number of phenols is 1. The summed E-state index contributed by atoms with van der Waals surface area (Å²) in [5, 5.41) is 18.8. The molecule has 0 spiro atoms. The summed E-state index contributed by atoms with van der Waals surface area (Å²) in [7, 11) is 0. The van der Waals surface area contributed by atoms with Gasteiger partial charge in [0.1, 0.15) is 12.4 Å². The van der Waals surface area contributed by atoms with Crippen LogP contribution in [-0.4, -0.2) is 22.2 Å². The molecule has 0 saturated carbocycles. The smallest absolute Gasteiger partial charge is 0.339 e. The Labute approximate surface area is 153 Å². The van der Waals surface area contributed by atoms with Gasteiger partial charge in [-0.15, -0.1) is 0 Å². The van der Waals surface area contributed by atoms with Gasteiger partial charge in [0.25, 0.3) is 0 Å². The molecule has 114 valence electrons. The van der Waals surface area contributed by atoms with Gasteiger partial charge in [0.15, 0.2) is 0 Å². The van der Waals surface area contributed by atoms with E-state index in [0.29, 0.717) is 9.13 Å². The van der Waals surface area contributed by atoms with Gasteiger partial charge in [-0.2, -0.15) is 0 Å². The summed E-state index contributed by atoms with van der Waals surface area (Å²) in [4.78, 5) is 23.2. The second kappa shape index (κ2) is 7.27. The standard InChI is InChI=1S/C15H10I2O5/c16-9-5-8(13(17)12(18)6-9)7-22-15(21)11-4-2-1-3-10(11)14(19)20/h1-6,18H,7H2,(H,19,20). The lowest BCUT2D eigenvalue weighted by atomic mass is 10.1. The Balaban J connectivity index is 2.19. The number of benzene rings is 2. The van der Waals surface area contributed by atoms with Crippen LogP contribution in [-0.2, 0) is 11.3 Å². The number of phenolic OH excluding ortho intramolecular Hbond substituents is 1. The van der Waals surface area contributed by atoms with E-state index in [1.165, 1.54) is 12.1 Å². The van der Waals surface area contributed by atoms with E-state index in [4.69, 9.17) is 9.84 Å². The monoisotopic (exact) mass is 524 g/mol. The molecule has 0 aliphatic carbocycles. The third-order valence-electron chi connectivity index (χ3n) is 2.83. The van der Waals surface area contributed by atoms with Crippen molar-refractivity contribution in [1.82, 2.24) is 0 Å². The van der Waals surface area contributed by atoms with Crippen LogP contribution < -0.4 is 0 Å². The zero-order valence-electron chi connectivity index (χ0n) is 11.0. The number of carboxylic acid groups (broad SMARTS) is 1. The number of carboxylic acids is 1. The minimum Gasteiger partial charge on any atom is -0.507 e. The Morgan fingerprint density at radius 2 is 1.73 bits per heavy atom. The maximum absolute atomic E-state index is 12.1. The molecule has 0 heterocycles. The van der Waals surface area contributed by atoms with E-state index in [2.05, 4.69) is 0 Å². The summed E-state index contributed by atoms with van der Waals surface area (Å²) in [6.07, 6.45) is 0. The maximum atomic E-state index is 12.1. The van der Waals surface area contributed by atoms with Gasteiger partial charge in [-0.25, -0.2) is 9.59 Å². The van der Waals surface area contributed by atoms with Crippen LogP contribution in [0.3, 0.4) is 0 Å². The van der Waals surface area contributed by atoms with Crippen LogP contribution in [0.1, 0.15) is 26.3 Å². The number of ether oxygens (including phenoxy) is 1. The molecule has 0 radical (unpaired) electrons. The molecule has 0 unspecified atom stereocenters. The van der Waals surface area contributed by atoms with Gasteiger partial charge in [0.05, 0.1) is 14.7 Å². The largest absolute Gasteiger partial charge is 0.507 e. The molecule has 0 aliphatic heterocycles. The van der Waals surface area contributed by atoms with E-state index in [9.17, 15) is 14.7 Å². The molecule has 0 fully saturated rings. The molecule has 0 saturated heterocycles. The van der Waals surface area contributed by atoms with Crippen molar-refractivity contribution in [2.45, 2.75) is 6.61 Å².